The molecule has 5 heteroatoms. The highest BCUT2D eigenvalue weighted by Crippen LogP contribution is 2.38. The summed E-state index contributed by atoms with van der Waals surface area (Å²) in [5.74, 6) is 0.872. The number of halogens is 1. The Morgan fingerprint density at radius 3 is 2.44 bits per heavy atom. The maximum Gasteiger partial charge on any atom is 0.172 e. The zero-order valence-electron chi connectivity index (χ0n) is 9.12. The van der Waals surface area contributed by atoms with Crippen LogP contribution >= 0.6 is 15.9 Å². The van der Waals surface area contributed by atoms with Crippen molar-refractivity contribution in [1.29, 1.82) is 0 Å². The van der Waals surface area contributed by atoms with E-state index in [9.17, 15) is 4.79 Å². The zero-order valence-corrected chi connectivity index (χ0v) is 10.7. The standard InChI is InChI=1S/C11H13BrO4/c1-15-10-7(3-4-13)5-9(12)8(6-14)11(10)16-2/h5-6,13H,3-4H2,1-2H3. The Morgan fingerprint density at radius 2 is 2.00 bits per heavy atom. The van der Waals surface area contributed by atoms with Gasteiger partial charge >= 0.3 is 0 Å². The monoisotopic (exact) mass is 288 g/mol. The van der Waals surface area contributed by atoms with Crippen LogP contribution in [0.2, 0.25) is 0 Å². The van der Waals surface area contributed by atoms with Crippen LogP contribution in [-0.4, -0.2) is 32.2 Å². The fourth-order valence-electron chi connectivity index (χ4n) is 1.52. The molecule has 0 saturated heterocycles. The quantitative estimate of drug-likeness (QED) is 0.840. The molecule has 0 radical (unpaired) electrons. The molecule has 0 aliphatic heterocycles. The SMILES string of the molecule is COc1c(CCO)cc(Br)c(C=O)c1OC. The van der Waals surface area contributed by atoms with Crippen LogP contribution in [0.25, 0.3) is 0 Å². The van der Waals surface area contributed by atoms with Gasteiger partial charge in [-0.3, -0.25) is 4.79 Å². The van der Waals surface area contributed by atoms with Crippen LogP contribution in [0.1, 0.15) is 15.9 Å². The van der Waals surface area contributed by atoms with E-state index >= 15 is 0 Å². The third-order valence-corrected chi connectivity index (χ3v) is 2.86. The average molecular weight is 289 g/mol. The molecule has 4 nitrogen and oxygen atoms in total. The molecule has 0 amide bonds. The summed E-state index contributed by atoms with van der Waals surface area (Å²) in [6.45, 7) is 0.00634. The van der Waals surface area contributed by atoms with Crippen molar-refractivity contribution in [2.24, 2.45) is 0 Å². The van der Waals surface area contributed by atoms with E-state index in [2.05, 4.69) is 15.9 Å². The van der Waals surface area contributed by atoms with E-state index in [1.807, 2.05) is 0 Å². The maximum atomic E-state index is 10.9. The van der Waals surface area contributed by atoms with E-state index in [0.717, 1.165) is 5.56 Å². The number of hydrogen-bond acceptors (Lipinski definition) is 4. The van der Waals surface area contributed by atoms with Crippen LogP contribution in [0.5, 0.6) is 11.5 Å². The Labute approximate surface area is 102 Å². The molecular weight excluding hydrogens is 276 g/mol. The van der Waals surface area contributed by atoms with Gasteiger partial charge in [0.2, 0.25) is 0 Å². The number of benzene rings is 1. The van der Waals surface area contributed by atoms with Crippen molar-refractivity contribution in [2.75, 3.05) is 20.8 Å². The zero-order chi connectivity index (χ0) is 12.1. The van der Waals surface area contributed by atoms with Gasteiger partial charge in [-0.2, -0.15) is 0 Å². The Morgan fingerprint density at radius 1 is 1.38 bits per heavy atom. The first-order valence-corrected chi connectivity index (χ1v) is 5.48. The molecule has 0 unspecified atom stereocenters. The van der Waals surface area contributed by atoms with Crippen LogP contribution in [0.15, 0.2) is 10.5 Å². The molecule has 0 heterocycles. The number of aliphatic hydroxyl groups excluding tert-OH is 1. The minimum Gasteiger partial charge on any atom is -0.493 e. The first-order valence-electron chi connectivity index (χ1n) is 4.69. The molecular formula is C11H13BrO4. The van der Waals surface area contributed by atoms with Gasteiger partial charge in [0, 0.05) is 16.6 Å². The summed E-state index contributed by atoms with van der Waals surface area (Å²) in [7, 11) is 2.97. The van der Waals surface area contributed by atoms with Crippen molar-refractivity contribution in [3.63, 3.8) is 0 Å². The Balaban J connectivity index is 3.43. The van der Waals surface area contributed by atoms with Crippen molar-refractivity contribution >= 4 is 22.2 Å². The van der Waals surface area contributed by atoms with E-state index in [4.69, 9.17) is 14.6 Å². The van der Waals surface area contributed by atoms with Gasteiger partial charge < -0.3 is 14.6 Å². The number of rotatable bonds is 5. The van der Waals surface area contributed by atoms with Crippen molar-refractivity contribution in [3.8, 4) is 11.5 Å². The molecule has 0 saturated carbocycles. The minimum atomic E-state index is 0.00634. The van der Waals surface area contributed by atoms with E-state index in [1.54, 1.807) is 6.07 Å². The van der Waals surface area contributed by atoms with Gasteiger partial charge in [-0.05, 0) is 28.4 Å². The lowest BCUT2D eigenvalue weighted by molar-refractivity contribution is 0.111. The topological polar surface area (TPSA) is 55.8 Å². The predicted molar refractivity (Wildman–Crippen MR) is 63.4 cm³/mol. The summed E-state index contributed by atoms with van der Waals surface area (Å²) >= 11 is 3.28. The van der Waals surface area contributed by atoms with Gasteiger partial charge in [0.1, 0.15) is 0 Å². The smallest absolute Gasteiger partial charge is 0.172 e. The van der Waals surface area contributed by atoms with Gasteiger partial charge in [-0.25, -0.2) is 0 Å². The highest BCUT2D eigenvalue weighted by atomic mass is 79.9. The number of aliphatic hydroxyl groups is 1. The van der Waals surface area contributed by atoms with Crippen LogP contribution in [0.3, 0.4) is 0 Å². The Bertz CT molecular complexity index is 390. The number of aldehydes is 1. The lowest BCUT2D eigenvalue weighted by atomic mass is 10.1. The Hall–Kier alpha value is -1.07. The normalized spacial score (nSPS) is 10.0. The molecule has 1 aromatic carbocycles. The number of carbonyl (C=O) groups excluding carboxylic acids is 1. The largest absolute Gasteiger partial charge is 0.493 e. The van der Waals surface area contributed by atoms with E-state index in [0.29, 0.717) is 34.2 Å². The number of carbonyl (C=O) groups is 1. The number of ether oxygens (including phenoxy) is 2. The summed E-state index contributed by atoms with van der Waals surface area (Å²) in [5.41, 5.74) is 1.19. The lowest BCUT2D eigenvalue weighted by Crippen LogP contribution is -2.02. The van der Waals surface area contributed by atoms with Crippen molar-refractivity contribution in [1.82, 2.24) is 0 Å². The maximum absolute atomic E-state index is 10.9. The molecule has 0 fully saturated rings. The van der Waals surface area contributed by atoms with Crippen LogP contribution in [-0.2, 0) is 6.42 Å². The first kappa shape index (κ1) is 13.0. The fourth-order valence-corrected chi connectivity index (χ4v) is 2.07. The molecule has 16 heavy (non-hydrogen) atoms. The molecule has 0 spiro atoms. The van der Waals surface area contributed by atoms with Crippen molar-refractivity contribution < 1.29 is 19.4 Å². The fraction of sp³-hybridized carbons (Fsp3) is 0.364. The molecule has 0 aromatic heterocycles. The van der Waals surface area contributed by atoms with E-state index in [-0.39, 0.29) is 6.61 Å². The minimum absolute atomic E-state index is 0.00634. The van der Waals surface area contributed by atoms with Crippen LogP contribution in [0, 0.1) is 0 Å². The van der Waals surface area contributed by atoms with Gasteiger partial charge in [0.15, 0.2) is 17.8 Å². The highest BCUT2D eigenvalue weighted by Gasteiger charge is 2.17. The summed E-state index contributed by atoms with van der Waals surface area (Å²) in [4.78, 5) is 10.9. The summed E-state index contributed by atoms with van der Waals surface area (Å²) in [6.07, 6.45) is 1.14. The van der Waals surface area contributed by atoms with Gasteiger partial charge in [-0.15, -0.1) is 0 Å². The van der Waals surface area contributed by atoms with Gasteiger partial charge in [0.05, 0.1) is 19.8 Å². The summed E-state index contributed by atoms with van der Waals surface area (Å²) in [5, 5.41) is 8.94. The number of methoxy groups -OCH3 is 2. The van der Waals surface area contributed by atoms with Crippen LogP contribution < -0.4 is 9.47 Å². The molecule has 88 valence electrons. The second-order valence-electron chi connectivity index (χ2n) is 3.09. The molecule has 0 bridgehead atoms. The predicted octanol–water partition coefficient (Wildman–Crippen LogP) is 1.81. The van der Waals surface area contributed by atoms with Crippen molar-refractivity contribution in [2.45, 2.75) is 6.42 Å². The molecule has 1 aromatic rings. The molecule has 1 N–H and O–H groups in total. The van der Waals surface area contributed by atoms with E-state index in [1.165, 1.54) is 14.2 Å². The molecule has 1 rings (SSSR count). The van der Waals surface area contributed by atoms with Gasteiger partial charge in [0.25, 0.3) is 0 Å². The average Bonchev–Trinajstić information content (AvgIpc) is 2.28. The highest BCUT2D eigenvalue weighted by molar-refractivity contribution is 9.10. The second kappa shape index (κ2) is 5.86. The molecule has 0 atom stereocenters. The number of hydrogen-bond donors (Lipinski definition) is 1. The van der Waals surface area contributed by atoms with E-state index < -0.39 is 0 Å². The summed E-state index contributed by atoms with van der Waals surface area (Å²) in [6, 6.07) is 1.75. The molecule has 0 aliphatic carbocycles. The third-order valence-electron chi connectivity index (χ3n) is 2.21. The van der Waals surface area contributed by atoms with Crippen molar-refractivity contribution in [3.05, 3.63) is 21.7 Å². The lowest BCUT2D eigenvalue weighted by Gasteiger charge is -2.15. The second-order valence-corrected chi connectivity index (χ2v) is 3.94. The Kier molecular flexibility index (Phi) is 4.76. The van der Waals surface area contributed by atoms with Crippen LogP contribution in [0.4, 0.5) is 0 Å². The third kappa shape index (κ3) is 2.36. The summed E-state index contributed by atoms with van der Waals surface area (Å²) < 4.78 is 11.0. The van der Waals surface area contributed by atoms with Gasteiger partial charge in [-0.1, -0.05) is 0 Å². The first-order chi connectivity index (χ1) is 7.69. The molecule has 0 aliphatic rings.